The van der Waals surface area contributed by atoms with E-state index in [1.54, 1.807) is 59.9 Å². The van der Waals surface area contributed by atoms with E-state index >= 15 is 0 Å². The second-order valence-electron chi connectivity index (χ2n) is 12.0. The van der Waals surface area contributed by atoms with Crippen LogP contribution in [-0.2, 0) is 25.6 Å². The van der Waals surface area contributed by atoms with Gasteiger partial charge in [-0.15, -0.1) is 0 Å². The Morgan fingerprint density at radius 3 is 2.33 bits per heavy atom. The molecule has 0 aliphatic heterocycles. The van der Waals surface area contributed by atoms with Crippen molar-refractivity contribution in [2.75, 3.05) is 33.1 Å². The number of rotatable bonds is 5. The fraction of sp³-hybridized carbons (Fsp3) is 0.500. The van der Waals surface area contributed by atoms with Gasteiger partial charge in [0.25, 0.3) is 5.91 Å². The minimum atomic E-state index is -2.69. The number of hydrogen-bond donors (Lipinski definition) is 5. The zero-order valence-electron chi connectivity index (χ0n) is 23.6. The van der Waals surface area contributed by atoms with Gasteiger partial charge in [-0.1, -0.05) is 5.16 Å². The van der Waals surface area contributed by atoms with Crippen molar-refractivity contribution in [1.82, 2.24) is 4.90 Å². The number of anilines is 1. The summed E-state index contributed by atoms with van der Waals surface area (Å²) in [5.41, 5.74) is 2.42. The number of nitrogens with two attached hydrogens (primary N) is 1. The number of primary amides is 1. The van der Waals surface area contributed by atoms with E-state index in [1.807, 2.05) is 0 Å². The first-order valence-electron chi connectivity index (χ1n) is 12.9. The standard InChI is InChI=1S/C28H36N4O8/c1-27(2,3)40-30-11-13-10-16(31(4)5)14-8-12-9-15-20(32(6)7)23(35)19(26(29)38)25(37)28(15,39)24(36)17(12)22(34)18(14)21(13)33/h10-12,15,20,33-34,37,39H,8-9H2,1-7H3,(H2,29,38)/b30-11+/t12?,15?,20?,28-/m1/s1. The lowest BCUT2D eigenvalue weighted by Gasteiger charge is -2.50. The lowest BCUT2D eigenvalue weighted by atomic mass is 9.57. The average Bonchev–Trinajstić information content (AvgIpc) is 2.81. The lowest BCUT2D eigenvalue weighted by molar-refractivity contribution is -0.153. The number of phenolic OH excluding ortho intramolecular Hbond substituents is 1. The molecule has 3 aliphatic carbocycles. The maximum atomic E-state index is 14.0. The summed E-state index contributed by atoms with van der Waals surface area (Å²) in [5.74, 6) is -6.97. The molecule has 12 nitrogen and oxygen atoms in total. The molecule has 6 N–H and O–H groups in total. The number of aliphatic hydroxyl groups excluding tert-OH is 2. The van der Waals surface area contributed by atoms with Crippen LogP contribution in [0, 0.1) is 11.8 Å². The number of hydrogen-bond acceptors (Lipinski definition) is 11. The van der Waals surface area contributed by atoms with Crippen LogP contribution in [0.5, 0.6) is 5.75 Å². The van der Waals surface area contributed by atoms with Crippen molar-refractivity contribution in [3.05, 3.63) is 39.7 Å². The molecule has 1 aromatic carbocycles. The van der Waals surface area contributed by atoms with Gasteiger partial charge in [-0.3, -0.25) is 19.3 Å². The second kappa shape index (κ2) is 9.63. The largest absolute Gasteiger partial charge is 0.508 e. The summed E-state index contributed by atoms with van der Waals surface area (Å²) in [5, 5.41) is 49.4. The van der Waals surface area contributed by atoms with Crippen LogP contribution in [0.3, 0.4) is 0 Å². The smallest absolute Gasteiger partial charge is 0.255 e. The fourth-order valence-corrected chi connectivity index (χ4v) is 6.05. The number of ketones is 2. The third kappa shape index (κ3) is 4.31. The van der Waals surface area contributed by atoms with E-state index in [-0.39, 0.29) is 35.3 Å². The van der Waals surface area contributed by atoms with Gasteiger partial charge in [0.05, 0.1) is 17.8 Å². The molecule has 0 heterocycles. The number of carbonyl (C=O) groups is 3. The molecule has 0 aromatic heterocycles. The van der Waals surface area contributed by atoms with Crippen molar-refractivity contribution in [1.29, 1.82) is 0 Å². The van der Waals surface area contributed by atoms with Gasteiger partial charge in [-0.25, -0.2) is 0 Å². The molecule has 0 bridgehead atoms. The molecule has 3 unspecified atom stereocenters. The Kier molecular flexibility index (Phi) is 7.00. The van der Waals surface area contributed by atoms with Crippen molar-refractivity contribution < 1.29 is 39.6 Å². The zero-order valence-corrected chi connectivity index (χ0v) is 23.6. The van der Waals surface area contributed by atoms with E-state index < -0.39 is 63.6 Å². The predicted octanol–water partition coefficient (Wildman–Crippen LogP) is 1.18. The van der Waals surface area contributed by atoms with Crippen LogP contribution in [-0.4, -0.2) is 94.4 Å². The highest BCUT2D eigenvalue weighted by atomic mass is 16.6. The van der Waals surface area contributed by atoms with Crippen molar-refractivity contribution in [2.45, 2.75) is 50.9 Å². The van der Waals surface area contributed by atoms with E-state index in [0.717, 1.165) is 0 Å². The average molecular weight is 557 g/mol. The molecule has 1 fully saturated rings. The maximum absolute atomic E-state index is 14.0. The Bertz CT molecular complexity index is 1400. The minimum Gasteiger partial charge on any atom is -0.508 e. The highest BCUT2D eigenvalue weighted by Gasteiger charge is 2.64. The zero-order chi connectivity index (χ0) is 30.1. The first-order valence-corrected chi connectivity index (χ1v) is 12.9. The number of nitrogens with zero attached hydrogens (tertiary/aromatic N) is 3. The van der Waals surface area contributed by atoms with E-state index in [4.69, 9.17) is 10.6 Å². The first kappa shape index (κ1) is 29.1. The van der Waals surface area contributed by atoms with E-state index in [0.29, 0.717) is 11.3 Å². The molecule has 1 amide bonds. The SMILES string of the molecule is CN(C)c1cc(/C=N/OC(C)(C)C)c(O)c2c1CC1CC3C(N(C)C)C(=O)C(C(N)=O)=C(O)[C@]3(O)C(=O)C1=C2O. The molecule has 4 atom stereocenters. The van der Waals surface area contributed by atoms with Crippen molar-refractivity contribution in [3.63, 3.8) is 0 Å². The van der Waals surface area contributed by atoms with Crippen LogP contribution in [0.4, 0.5) is 5.69 Å². The molecular formula is C28H36N4O8. The van der Waals surface area contributed by atoms with Crippen LogP contribution in [0.2, 0.25) is 0 Å². The quantitative estimate of drug-likeness (QED) is 0.200. The van der Waals surface area contributed by atoms with Crippen molar-refractivity contribution in [3.8, 4) is 5.75 Å². The number of oxime groups is 1. The minimum absolute atomic E-state index is 0.0142. The summed E-state index contributed by atoms with van der Waals surface area (Å²) < 4.78 is 0. The second-order valence-corrected chi connectivity index (χ2v) is 12.0. The van der Waals surface area contributed by atoms with Gasteiger partial charge < -0.3 is 35.9 Å². The number of phenols is 1. The topological polar surface area (TPSA) is 186 Å². The molecule has 1 aromatic rings. The van der Waals surface area contributed by atoms with Crippen molar-refractivity contribution in [2.24, 2.45) is 22.7 Å². The third-order valence-corrected chi connectivity index (χ3v) is 7.73. The summed E-state index contributed by atoms with van der Waals surface area (Å²) in [4.78, 5) is 48.0. The summed E-state index contributed by atoms with van der Waals surface area (Å²) >= 11 is 0. The van der Waals surface area contributed by atoms with Crippen LogP contribution >= 0.6 is 0 Å². The van der Waals surface area contributed by atoms with E-state index in [2.05, 4.69) is 5.16 Å². The van der Waals surface area contributed by atoms with Gasteiger partial charge in [0, 0.05) is 36.8 Å². The van der Waals surface area contributed by atoms with Gasteiger partial charge >= 0.3 is 0 Å². The number of Topliss-reactive ketones (excluding diaryl/α,β-unsaturated/α-hetero) is 2. The number of fused-ring (bicyclic) bond motifs is 3. The molecule has 0 radical (unpaired) electrons. The van der Waals surface area contributed by atoms with E-state index in [9.17, 15) is 34.8 Å². The highest BCUT2D eigenvalue weighted by molar-refractivity contribution is 6.24. The summed E-state index contributed by atoms with van der Waals surface area (Å²) in [6, 6.07) is 0.546. The first-order chi connectivity index (χ1) is 18.4. The Balaban J connectivity index is 1.95. The Morgan fingerprint density at radius 1 is 1.18 bits per heavy atom. The Morgan fingerprint density at radius 2 is 1.80 bits per heavy atom. The van der Waals surface area contributed by atoms with E-state index in [1.165, 1.54) is 11.1 Å². The lowest BCUT2D eigenvalue weighted by Crippen LogP contribution is -2.65. The third-order valence-electron chi connectivity index (χ3n) is 7.73. The summed E-state index contributed by atoms with van der Waals surface area (Å²) in [7, 11) is 6.69. The van der Waals surface area contributed by atoms with Gasteiger partial charge in [0.15, 0.2) is 11.4 Å². The number of amides is 1. The maximum Gasteiger partial charge on any atom is 0.255 e. The molecule has 1 saturated carbocycles. The molecule has 3 aliphatic rings. The predicted molar refractivity (Wildman–Crippen MR) is 147 cm³/mol. The van der Waals surface area contributed by atoms with Crippen LogP contribution < -0.4 is 10.6 Å². The molecule has 0 spiro atoms. The molecule has 40 heavy (non-hydrogen) atoms. The van der Waals surface area contributed by atoms with Crippen LogP contribution in [0.25, 0.3) is 5.76 Å². The molecule has 216 valence electrons. The van der Waals surface area contributed by atoms with Crippen LogP contribution in [0.15, 0.2) is 28.1 Å². The normalized spacial score (nSPS) is 26.7. The summed E-state index contributed by atoms with van der Waals surface area (Å²) in [6.45, 7) is 5.41. The van der Waals surface area contributed by atoms with Gasteiger partial charge in [-0.2, -0.15) is 0 Å². The van der Waals surface area contributed by atoms with Gasteiger partial charge in [0.2, 0.25) is 5.78 Å². The fourth-order valence-electron chi connectivity index (χ4n) is 6.05. The molecule has 4 rings (SSSR count). The monoisotopic (exact) mass is 556 g/mol. The molecular weight excluding hydrogens is 520 g/mol. The number of carbonyl (C=O) groups excluding carboxylic acids is 3. The highest BCUT2D eigenvalue weighted by Crippen LogP contribution is 2.54. The number of likely N-dealkylation sites (N-methyl/N-ethyl adjacent to an activating group) is 1. The Hall–Kier alpha value is -3.90. The molecule has 12 heteroatoms. The van der Waals surface area contributed by atoms with Crippen LogP contribution in [0.1, 0.15) is 43.9 Å². The molecule has 0 saturated heterocycles. The number of aliphatic hydroxyl groups is 3. The van der Waals surface area contributed by atoms with Crippen molar-refractivity contribution >= 4 is 35.1 Å². The van der Waals surface area contributed by atoms with Gasteiger partial charge in [-0.05, 0) is 65.3 Å². The number of benzene rings is 1. The summed E-state index contributed by atoms with van der Waals surface area (Å²) in [6.07, 6.45) is 1.50. The number of aromatic hydroxyl groups is 1. The van der Waals surface area contributed by atoms with Gasteiger partial charge in [0.1, 0.15) is 28.4 Å². The Labute approximate surface area is 232 Å².